The van der Waals surface area contributed by atoms with E-state index in [9.17, 15) is 13.2 Å². The second-order valence-corrected chi connectivity index (χ2v) is 5.79. The Kier molecular flexibility index (Phi) is 3.05. The van der Waals surface area contributed by atoms with Gasteiger partial charge in [-0.15, -0.1) is 24.5 Å². The highest BCUT2D eigenvalue weighted by Gasteiger charge is 2.31. The van der Waals surface area contributed by atoms with E-state index in [1.807, 2.05) is 22.2 Å². The zero-order chi connectivity index (χ0) is 16.0. The zero-order valence-corrected chi connectivity index (χ0v) is 12.3. The molecular formula is C14H9F3N4OS. The van der Waals surface area contributed by atoms with Gasteiger partial charge >= 0.3 is 6.36 Å². The number of hydrogen-bond donors (Lipinski definition) is 1. The number of imidazole rings is 2. The van der Waals surface area contributed by atoms with Gasteiger partial charge in [-0.3, -0.25) is 4.40 Å². The lowest BCUT2D eigenvalue weighted by Crippen LogP contribution is -2.16. The molecule has 3 aromatic heterocycles. The fourth-order valence-corrected chi connectivity index (χ4v) is 3.07. The molecule has 1 aromatic carbocycles. The van der Waals surface area contributed by atoms with Gasteiger partial charge < -0.3 is 9.72 Å². The number of nitrogens with zero attached hydrogens (tertiary/aromatic N) is 3. The van der Waals surface area contributed by atoms with Gasteiger partial charge in [0.2, 0.25) is 0 Å². The highest BCUT2D eigenvalue weighted by Crippen LogP contribution is 2.26. The van der Waals surface area contributed by atoms with Crippen LogP contribution in [0, 0.1) is 0 Å². The Balaban J connectivity index is 1.61. The van der Waals surface area contributed by atoms with Gasteiger partial charge in [-0.1, -0.05) is 0 Å². The van der Waals surface area contributed by atoms with E-state index in [1.54, 1.807) is 0 Å². The van der Waals surface area contributed by atoms with E-state index < -0.39 is 6.36 Å². The molecule has 0 radical (unpaired) electrons. The molecule has 5 nitrogen and oxygen atoms in total. The Morgan fingerprint density at radius 2 is 2.13 bits per heavy atom. The number of ether oxygens (including phenoxy) is 1. The lowest BCUT2D eigenvalue weighted by Gasteiger charge is -2.07. The van der Waals surface area contributed by atoms with E-state index in [4.69, 9.17) is 0 Å². The van der Waals surface area contributed by atoms with Gasteiger partial charge in [-0.05, 0) is 12.1 Å². The molecule has 4 rings (SSSR count). The number of benzene rings is 1. The molecule has 0 bridgehead atoms. The van der Waals surface area contributed by atoms with Gasteiger partial charge in [0.1, 0.15) is 11.6 Å². The van der Waals surface area contributed by atoms with E-state index in [-0.39, 0.29) is 5.75 Å². The van der Waals surface area contributed by atoms with Gasteiger partial charge in [-0.2, -0.15) is 0 Å². The normalized spacial score (nSPS) is 12.3. The van der Waals surface area contributed by atoms with E-state index >= 15 is 0 Å². The van der Waals surface area contributed by atoms with Crippen LogP contribution in [0.15, 0.2) is 36.0 Å². The summed E-state index contributed by atoms with van der Waals surface area (Å²) in [5.74, 6) is 0.348. The van der Waals surface area contributed by atoms with E-state index in [0.717, 1.165) is 10.7 Å². The predicted octanol–water partition coefficient (Wildman–Crippen LogP) is 3.76. The Labute approximate surface area is 131 Å². The van der Waals surface area contributed by atoms with Gasteiger partial charge in [0.05, 0.1) is 16.7 Å². The molecule has 3 heterocycles. The number of rotatable bonds is 3. The van der Waals surface area contributed by atoms with Crippen molar-refractivity contribution in [2.75, 3.05) is 0 Å². The molecule has 1 N–H and O–H groups in total. The third kappa shape index (κ3) is 2.87. The maximum absolute atomic E-state index is 12.2. The first-order chi connectivity index (χ1) is 11.0. The molecular weight excluding hydrogens is 329 g/mol. The first-order valence-electron chi connectivity index (χ1n) is 6.62. The van der Waals surface area contributed by atoms with Crippen LogP contribution in [0.5, 0.6) is 5.75 Å². The summed E-state index contributed by atoms with van der Waals surface area (Å²) in [4.78, 5) is 12.7. The molecule has 0 spiro atoms. The van der Waals surface area contributed by atoms with Crippen LogP contribution in [0.1, 0.15) is 11.5 Å². The Hall–Kier alpha value is -2.55. The number of H-pyrrole nitrogens is 1. The lowest BCUT2D eigenvalue weighted by molar-refractivity contribution is -0.274. The highest BCUT2D eigenvalue weighted by molar-refractivity contribution is 7.15. The van der Waals surface area contributed by atoms with Crippen molar-refractivity contribution in [3.63, 3.8) is 0 Å². The van der Waals surface area contributed by atoms with Crippen molar-refractivity contribution in [1.82, 2.24) is 19.4 Å². The number of aromatic nitrogens is 4. The van der Waals surface area contributed by atoms with Crippen LogP contribution in [-0.2, 0) is 6.42 Å². The molecule has 0 aliphatic rings. The van der Waals surface area contributed by atoms with Crippen LogP contribution >= 0.6 is 11.3 Å². The quantitative estimate of drug-likeness (QED) is 0.619. The van der Waals surface area contributed by atoms with E-state index in [0.29, 0.717) is 23.3 Å². The number of nitrogens with one attached hydrogen (secondary N) is 1. The first-order valence-corrected chi connectivity index (χ1v) is 7.50. The van der Waals surface area contributed by atoms with E-state index in [1.165, 1.54) is 29.5 Å². The summed E-state index contributed by atoms with van der Waals surface area (Å²) in [6.45, 7) is 0. The second-order valence-electron chi connectivity index (χ2n) is 4.91. The van der Waals surface area contributed by atoms with Gasteiger partial charge in [0.15, 0.2) is 4.96 Å². The predicted molar refractivity (Wildman–Crippen MR) is 78.7 cm³/mol. The maximum Gasteiger partial charge on any atom is 0.573 e. The van der Waals surface area contributed by atoms with Crippen molar-refractivity contribution < 1.29 is 17.9 Å². The number of fused-ring (bicyclic) bond motifs is 2. The van der Waals surface area contributed by atoms with Crippen LogP contribution < -0.4 is 4.74 Å². The summed E-state index contributed by atoms with van der Waals surface area (Å²) in [7, 11) is 0. The minimum Gasteiger partial charge on any atom is -0.406 e. The standard InChI is InChI=1S/C14H9F3N4OS/c15-14(16,17)22-9-1-2-10-11(6-9)20-12(19-10)5-8-7-21-3-4-23-13(21)18-8/h1-4,6-7H,5H2,(H,19,20). The highest BCUT2D eigenvalue weighted by atomic mass is 32.1. The molecule has 0 saturated carbocycles. The van der Waals surface area contributed by atoms with Crippen molar-refractivity contribution in [3.8, 4) is 5.75 Å². The number of aromatic amines is 1. The Bertz CT molecular complexity index is 956. The largest absolute Gasteiger partial charge is 0.573 e. The van der Waals surface area contributed by atoms with Gasteiger partial charge in [0.25, 0.3) is 0 Å². The summed E-state index contributed by atoms with van der Waals surface area (Å²) in [6, 6.07) is 4.03. The molecule has 0 atom stereocenters. The van der Waals surface area contributed by atoms with Crippen LogP contribution in [0.25, 0.3) is 16.0 Å². The lowest BCUT2D eigenvalue weighted by atomic mass is 10.3. The topological polar surface area (TPSA) is 55.2 Å². The molecule has 9 heteroatoms. The van der Waals surface area contributed by atoms with Gasteiger partial charge in [0, 0.05) is 30.3 Å². The minimum absolute atomic E-state index is 0.287. The molecule has 0 aliphatic carbocycles. The van der Waals surface area contributed by atoms with Crippen molar-refractivity contribution in [3.05, 3.63) is 47.5 Å². The monoisotopic (exact) mass is 338 g/mol. The maximum atomic E-state index is 12.2. The van der Waals surface area contributed by atoms with Crippen LogP contribution in [0.2, 0.25) is 0 Å². The number of hydrogen-bond acceptors (Lipinski definition) is 4. The fourth-order valence-electron chi connectivity index (χ4n) is 2.35. The van der Waals surface area contributed by atoms with Crippen molar-refractivity contribution in [1.29, 1.82) is 0 Å². The van der Waals surface area contributed by atoms with Gasteiger partial charge in [-0.25, -0.2) is 9.97 Å². The van der Waals surface area contributed by atoms with Crippen molar-refractivity contribution in [2.24, 2.45) is 0 Å². The molecule has 118 valence electrons. The zero-order valence-electron chi connectivity index (χ0n) is 11.5. The number of halogens is 3. The molecule has 0 saturated heterocycles. The summed E-state index contributed by atoms with van der Waals surface area (Å²) in [5.41, 5.74) is 1.90. The van der Waals surface area contributed by atoms with Crippen LogP contribution in [0.3, 0.4) is 0 Å². The van der Waals surface area contributed by atoms with Crippen LogP contribution in [-0.4, -0.2) is 25.7 Å². The first kappa shape index (κ1) is 14.1. The molecule has 0 aliphatic heterocycles. The Morgan fingerprint density at radius 1 is 1.26 bits per heavy atom. The molecule has 0 amide bonds. The van der Waals surface area contributed by atoms with Crippen LogP contribution in [0.4, 0.5) is 13.2 Å². The Morgan fingerprint density at radius 3 is 2.91 bits per heavy atom. The molecule has 0 fully saturated rings. The number of thiazole rings is 1. The third-order valence-corrected chi connectivity index (χ3v) is 4.00. The molecule has 0 unspecified atom stereocenters. The summed E-state index contributed by atoms with van der Waals surface area (Å²) < 4.78 is 42.5. The smallest absolute Gasteiger partial charge is 0.406 e. The minimum atomic E-state index is -4.71. The average molecular weight is 338 g/mol. The number of alkyl halides is 3. The fraction of sp³-hybridized carbons (Fsp3) is 0.143. The SMILES string of the molecule is FC(F)(F)Oc1ccc2[nH]c(Cc3cn4ccsc4n3)nc2c1. The van der Waals surface area contributed by atoms with Crippen molar-refractivity contribution in [2.45, 2.75) is 12.8 Å². The summed E-state index contributed by atoms with van der Waals surface area (Å²) >= 11 is 1.53. The molecule has 4 aromatic rings. The summed E-state index contributed by atoms with van der Waals surface area (Å²) in [6.07, 6.45) is -0.430. The van der Waals surface area contributed by atoms with Crippen molar-refractivity contribution >= 4 is 27.3 Å². The summed E-state index contributed by atoms with van der Waals surface area (Å²) in [5, 5.41) is 1.94. The average Bonchev–Trinajstić information content (AvgIpc) is 3.10. The molecule has 23 heavy (non-hydrogen) atoms. The second kappa shape index (κ2) is 4.98. The third-order valence-electron chi connectivity index (χ3n) is 3.23. The van der Waals surface area contributed by atoms with E-state index in [2.05, 4.69) is 19.7 Å².